The van der Waals surface area contributed by atoms with Crippen molar-refractivity contribution in [2.24, 2.45) is 0 Å². The smallest absolute Gasteiger partial charge is 0.244 e. The van der Waals surface area contributed by atoms with Crippen LogP contribution >= 0.6 is 11.3 Å². The minimum Gasteiger partial charge on any atom is -0.324 e. The molecule has 0 spiro atoms. The maximum Gasteiger partial charge on any atom is 0.244 e. The SMILES string of the molecule is Cc1nc(-c2ccc(NC(=O)C3(C)CCCN3)cc2)cs1. The molecule has 0 radical (unpaired) electrons. The zero-order valence-corrected chi connectivity index (χ0v) is 13.1. The van der Waals surface area contributed by atoms with Crippen molar-refractivity contribution in [3.8, 4) is 11.3 Å². The number of benzene rings is 1. The highest BCUT2D eigenvalue weighted by Gasteiger charge is 2.35. The molecule has 1 atom stereocenters. The Bertz CT molecular complexity index is 642. The average Bonchev–Trinajstić information content (AvgIpc) is 3.09. The van der Waals surface area contributed by atoms with Crippen molar-refractivity contribution >= 4 is 22.9 Å². The molecule has 1 unspecified atom stereocenters. The van der Waals surface area contributed by atoms with Gasteiger partial charge >= 0.3 is 0 Å². The Morgan fingerprint density at radius 2 is 2.14 bits per heavy atom. The molecular weight excluding hydrogens is 282 g/mol. The minimum absolute atomic E-state index is 0.0391. The van der Waals surface area contributed by atoms with E-state index in [9.17, 15) is 4.79 Å². The molecule has 2 aromatic rings. The number of hydrogen-bond donors (Lipinski definition) is 2. The summed E-state index contributed by atoms with van der Waals surface area (Å²) in [5.41, 5.74) is 2.44. The topological polar surface area (TPSA) is 54.0 Å². The summed E-state index contributed by atoms with van der Waals surface area (Å²) in [6.07, 6.45) is 1.93. The highest BCUT2D eigenvalue weighted by atomic mass is 32.1. The summed E-state index contributed by atoms with van der Waals surface area (Å²) in [6.45, 7) is 4.87. The second-order valence-electron chi connectivity index (χ2n) is 5.65. The Balaban J connectivity index is 1.71. The lowest BCUT2D eigenvalue weighted by molar-refractivity contribution is -0.121. The first-order valence-electron chi connectivity index (χ1n) is 7.16. The fourth-order valence-corrected chi connectivity index (χ4v) is 3.20. The van der Waals surface area contributed by atoms with E-state index in [1.807, 2.05) is 43.5 Å². The molecule has 3 rings (SSSR count). The van der Waals surface area contributed by atoms with E-state index in [4.69, 9.17) is 0 Å². The number of aryl methyl sites for hydroxylation is 1. The maximum absolute atomic E-state index is 12.3. The summed E-state index contributed by atoms with van der Waals surface area (Å²) in [6, 6.07) is 7.85. The van der Waals surface area contributed by atoms with Crippen LogP contribution < -0.4 is 10.6 Å². The van der Waals surface area contributed by atoms with Crippen LogP contribution in [-0.2, 0) is 4.79 Å². The van der Waals surface area contributed by atoms with Crippen molar-refractivity contribution in [3.63, 3.8) is 0 Å². The Morgan fingerprint density at radius 1 is 1.38 bits per heavy atom. The van der Waals surface area contributed by atoms with Crippen LogP contribution in [0.15, 0.2) is 29.6 Å². The molecule has 0 aliphatic carbocycles. The third kappa shape index (κ3) is 2.99. The average molecular weight is 301 g/mol. The second kappa shape index (κ2) is 5.58. The van der Waals surface area contributed by atoms with Gasteiger partial charge in [0.05, 0.1) is 16.2 Å². The van der Waals surface area contributed by atoms with Crippen LogP contribution in [0.4, 0.5) is 5.69 Å². The third-order valence-corrected chi connectivity index (χ3v) is 4.70. The van der Waals surface area contributed by atoms with E-state index in [0.29, 0.717) is 0 Å². The van der Waals surface area contributed by atoms with Crippen LogP contribution in [0.3, 0.4) is 0 Å². The number of aromatic nitrogens is 1. The van der Waals surface area contributed by atoms with Gasteiger partial charge in [-0.3, -0.25) is 4.79 Å². The van der Waals surface area contributed by atoms with Gasteiger partial charge in [0, 0.05) is 16.6 Å². The van der Waals surface area contributed by atoms with Gasteiger partial charge in [-0.1, -0.05) is 12.1 Å². The summed E-state index contributed by atoms with van der Waals surface area (Å²) >= 11 is 1.64. The highest BCUT2D eigenvalue weighted by molar-refractivity contribution is 7.09. The molecule has 4 nitrogen and oxygen atoms in total. The predicted molar refractivity (Wildman–Crippen MR) is 86.6 cm³/mol. The summed E-state index contributed by atoms with van der Waals surface area (Å²) < 4.78 is 0. The van der Waals surface area contributed by atoms with Gasteiger partial charge in [0.2, 0.25) is 5.91 Å². The quantitative estimate of drug-likeness (QED) is 0.915. The summed E-state index contributed by atoms with van der Waals surface area (Å²) in [5, 5.41) is 9.37. The number of hydrogen-bond acceptors (Lipinski definition) is 4. The van der Waals surface area contributed by atoms with Gasteiger partial charge < -0.3 is 10.6 Å². The van der Waals surface area contributed by atoms with Crippen molar-refractivity contribution in [2.75, 3.05) is 11.9 Å². The standard InChI is InChI=1S/C16H19N3OS/c1-11-18-14(10-21-11)12-4-6-13(7-5-12)19-15(20)16(2)8-3-9-17-16/h4-7,10,17H,3,8-9H2,1-2H3,(H,19,20). The molecule has 2 heterocycles. The molecule has 5 heteroatoms. The van der Waals surface area contributed by atoms with Crippen LogP contribution in [0.5, 0.6) is 0 Å². The van der Waals surface area contributed by atoms with Gasteiger partial charge in [-0.15, -0.1) is 11.3 Å². The molecule has 1 aliphatic heterocycles. The Labute approximate surface area is 128 Å². The summed E-state index contributed by atoms with van der Waals surface area (Å²) in [4.78, 5) is 16.8. The monoisotopic (exact) mass is 301 g/mol. The van der Waals surface area contributed by atoms with Crippen molar-refractivity contribution in [3.05, 3.63) is 34.7 Å². The number of amides is 1. The number of rotatable bonds is 3. The van der Waals surface area contributed by atoms with Gasteiger partial charge in [-0.05, 0) is 45.4 Å². The third-order valence-electron chi connectivity index (χ3n) is 3.93. The van der Waals surface area contributed by atoms with Gasteiger partial charge in [0.25, 0.3) is 0 Å². The molecule has 1 aliphatic rings. The second-order valence-corrected chi connectivity index (χ2v) is 6.71. The van der Waals surface area contributed by atoms with E-state index in [1.165, 1.54) is 0 Å². The molecule has 1 aromatic carbocycles. The number of carbonyl (C=O) groups is 1. The predicted octanol–water partition coefficient (Wildman–Crippen LogP) is 3.20. The Kier molecular flexibility index (Phi) is 3.78. The molecule has 1 saturated heterocycles. The Morgan fingerprint density at radius 3 is 2.71 bits per heavy atom. The first kappa shape index (κ1) is 14.2. The fraction of sp³-hybridized carbons (Fsp3) is 0.375. The number of carbonyl (C=O) groups excluding carboxylic acids is 1. The first-order chi connectivity index (χ1) is 10.1. The van der Waals surface area contributed by atoms with Crippen molar-refractivity contribution in [1.29, 1.82) is 0 Å². The zero-order chi connectivity index (χ0) is 14.9. The molecule has 1 fully saturated rings. The molecule has 0 bridgehead atoms. The van der Waals surface area contributed by atoms with Gasteiger partial charge in [0.15, 0.2) is 0 Å². The normalized spacial score (nSPS) is 21.4. The fourth-order valence-electron chi connectivity index (χ4n) is 2.58. The lowest BCUT2D eigenvalue weighted by Gasteiger charge is -2.23. The summed E-state index contributed by atoms with van der Waals surface area (Å²) in [5.74, 6) is 0.0391. The first-order valence-corrected chi connectivity index (χ1v) is 8.04. The minimum atomic E-state index is -0.440. The van der Waals surface area contributed by atoms with Gasteiger partial charge in [0.1, 0.15) is 0 Å². The lowest BCUT2D eigenvalue weighted by Crippen LogP contribution is -2.47. The van der Waals surface area contributed by atoms with Crippen molar-refractivity contribution < 1.29 is 4.79 Å². The molecule has 21 heavy (non-hydrogen) atoms. The van der Waals surface area contributed by atoms with E-state index in [2.05, 4.69) is 15.6 Å². The van der Waals surface area contributed by atoms with Gasteiger partial charge in [-0.25, -0.2) is 4.98 Å². The number of nitrogens with one attached hydrogen (secondary N) is 2. The van der Waals surface area contributed by atoms with E-state index >= 15 is 0 Å². The number of nitrogens with zero attached hydrogens (tertiary/aromatic N) is 1. The van der Waals surface area contributed by atoms with Crippen molar-refractivity contribution in [2.45, 2.75) is 32.2 Å². The van der Waals surface area contributed by atoms with E-state index in [0.717, 1.165) is 41.3 Å². The summed E-state index contributed by atoms with van der Waals surface area (Å²) in [7, 11) is 0. The zero-order valence-electron chi connectivity index (χ0n) is 12.3. The lowest BCUT2D eigenvalue weighted by atomic mass is 9.99. The maximum atomic E-state index is 12.3. The molecule has 1 amide bonds. The van der Waals surface area contributed by atoms with Crippen LogP contribution in [0.25, 0.3) is 11.3 Å². The van der Waals surface area contributed by atoms with E-state index in [1.54, 1.807) is 11.3 Å². The molecule has 1 aromatic heterocycles. The molecular formula is C16H19N3OS. The van der Waals surface area contributed by atoms with Crippen LogP contribution in [0.2, 0.25) is 0 Å². The van der Waals surface area contributed by atoms with Crippen LogP contribution in [0, 0.1) is 6.92 Å². The molecule has 0 saturated carbocycles. The van der Waals surface area contributed by atoms with E-state index < -0.39 is 5.54 Å². The van der Waals surface area contributed by atoms with Crippen molar-refractivity contribution in [1.82, 2.24) is 10.3 Å². The van der Waals surface area contributed by atoms with E-state index in [-0.39, 0.29) is 5.91 Å². The molecule has 2 N–H and O–H groups in total. The number of anilines is 1. The van der Waals surface area contributed by atoms with Crippen LogP contribution in [0.1, 0.15) is 24.8 Å². The number of thiazole rings is 1. The van der Waals surface area contributed by atoms with Gasteiger partial charge in [-0.2, -0.15) is 0 Å². The largest absolute Gasteiger partial charge is 0.324 e. The Hall–Kier alpha value is -1.72. The molecule has 110 valence electrons. The highest BCUT2D eigenvalue weighted by Crippen LogP contribution is 2.24. The van der Waals surface area contributed by atoms with Crippen LogP contribution in [-0.4, -0.2) is 23.0 Å².